The van der Waals surface area contributed by atoms with Crippen molar-refractivity contribution in [1.82, 2.24) is 4.31 Å². The molecule has 1 heterocycles. The molecule has 1 amide bonds. The number of nitrogens with zero attached hydrogens (tertiary/aromatic N) is 1. The number of halogens is 1. The zero-order valence-electron chi connectivity index (χ0n) is 14.1. The molecule has 1 aliphatic rings. The summed E-state index contributed by atoms with van der Waals surface area (Å²) < 4.78 is 27.4. The molecule has 3 rings (SSSR count). The van der Waals surface area contributed by atoms with Crippen LogP contribution in [-0.4, -0.2) is 31.7 Å². The summed E-state index contributed by atoms with van der Waals surface area (Å²) in [5, 5.41) is 2.73. The SMILES string of the molecule is O=C(/C=C/c1ccc(Br)cc1)Nc1ccc(S(=O)(=O)N2CCCC2)cc1. The summed E-state index contributed by atoms with van der Waals surface area (Å²) in [5.74, 6) is -0.275. The maximum absolute atomic E-state index is 12.5. The number of hydrogen-bond donors (Lipinski definition) is 1. The summed E-state index contributed by atoms with van der Waals surface area (Å²) in [5.41, 5.74) is 1.46. The van der Waals surface area contributed by atoms with E-state index in [0.29, 0.717) is 18.8 Å². The molecule has 1 N–H and O–H groups in total. The Kier molecular flexibility index (Phi) is 5.90. The smallest absolute Gasteiger partial charge is 0.248 e. The van der Waals surface area contributed by atoms with Gasteiger partial charge in [0.25, 0.3) is 0 Å². The fraction of sp³-hybridized carbons (Fsp3) is 0.211. The maximum Gasteiger partial charge on any atom is 0.248 e. The van der Waals surface area contributed by atoms with Gasteiger partial charge in [-0.25, -0.2) is 8.42 Å². The van der Waals surface area contributed by atoms with Gasteiger partial charge in [0.2, 0.25) is 15.9 Å². The lowest BCUT2D eigenvalue weighted by molar-refractivity contribution is -0.111. The van der Waals surface area contributed by atoms with E-state index in [-0.39, 0.29) is 10.8 Å². The lowest BCUT2D eigenvalue weighted by Crippen LogP contribution is -2.27. The van der Waals surface area contributed by atoms with Gasteiger partial charge in [0.1, 0.15) is 0 Å². The van der Waals surface area contributed by atoms with Crippen LogP contribution in [0.3, 0.4) is 0 Å². The van der Waals surface area contributed by atoms with Crippen molar-refractivity contribution in [3.8, 4) is 0 Å². The van der Waals surface area contributed by atoms with Gasteiger partial charge in [0.05, 0.1) is 4.90 Å². The Morgan fingerprint density at radius 2 is 1.62 bits per heavy atom. The molecule has 0 spiro atoms. The Labute approximate surface area is 161 Å². The number of carbonyl (C=O) groups excluding carboxylic acids is 1. The summed E-state index contributed by atoms with van der Waals surface area (Å²) in [4.78, 5) is 12.3. The molecule has 2 aromatic rings. The molecule has 1 fully saturated rings. The average Bonchev–Trinajstić information content (AvgIpc) is 3.17. The molecule has 0 saturated carbocycles. The second-order valence-electron chi connectivity index (χ2n) is 6.01. The molecule has 0 radical (unpaired) electrons. The summed E-state index contributed by atoms with van der Waals surface area (Å²) >= 11 is 3.36. The van der Waals surface area contributed by atoms with Gasteiger partial charge in [-0.15, -0.1) is 0 Å². The zero-order valence-corrected chi connectivity index (χ0v) is 16.5. The first kappa shape index (κ1) is 18.8. The predicted molar refractivity (Wildman–Crippen MR) is 106 cm³/mol. The average molecular weight is 435 g/mol. The summed E-state index contributed by atoms with van der Waals surface area (Å²) in [6.07, 6.45) is 4.96. The van der Waals surface area contributed by atoms with Crippen LogP contribution in [0.5, 0.6) is 0 Å². The van der Waals surface area contributed by atoms with Gasteiger partial charge < -0.3 is 5.32 Å². The standard InChI is InChI=1S/C19H19BrN2O3S/c20-16-6-3-15(4-7-16)5-12-19(23)21-17-8-10-18(11-9-17)26(24,25)22-13-1-2-14-22/h3-12H,1-2,13-14H2,(H,21,23)/b12-5+. The topological polar surface area (TPSA) is 66.5 Å². The third-order valence-corrected chi connectivity index (χ3v) is 6.56. The molecule has 1 aliphatic heterocycles. The molecule has 7 heteroatoms. The van der Waals surface area contributed by atoms with Gasteiger partial charge in [-0.05, 0) is 60.9 Å². The van der Waals surface area contributed by atoms with Gasteiger partial charge in [0, 0.05) is 29.3 Å². The number of amides is 1. The molecule has 0 atom stereocenters. The van der Waals surface area contributed by atoms with E-state index in [1.54, 1.807) is 18.2 Å². The number of sulfonamides is 1. The molecule has 0 bridgehead atoms. The van der Waals surface area contributed by atoms with E-state index in [9.17, 15) is 13.2 Å². The number of carbonyl (C=O) groups is 1. The fourth-order valence-electron chi connectivity index (χ4n) is 2.72. The Balaban J connectivity index is 1.63. The second kappa shape index (κ2) is 8.16. The van der Waals surface area contributed by atoms with Crippen molar-refractivity contribution >= 4 is 43.6 Å². The third kappa shape index (κ3) is 4.60. The molecule has 1 saturated heterocycles. The Hall–Kier alpha value is -1.96. The van der Waals surface area contributed by atoms with Crippen molar-refractivity contribution in [3.05, 3.63) is 64.6 Å². The Morgan fingerprint density at radius 3 is 2.23 bits per heavy atom. The van der Waals surface area contributed by atoms with Crippen molar-refractivity contribution < 1.29 is 13.2 Å². The van der Waals surface area contributed by atoms with E-state index in [4.69, 9.17) is 0 Å². The number of benzene rings is 2. The summed E-state index contributed by atoms with van der Waals surface area (Å²) in [6, 6.07) is 13.9. The van der Waals surface area contributed by atoms with Crippen LogP contribution in [0, 0.1) is 0 Å². The molecule has 0 aromatic heterocycles. The Morgan fingerprint density at radius 1 is 1.00 bits per heavy atom. The van der Waals surface area contributed by atoms with E-state index >= 15 is 0 Å². The zero-order chi connectivity index (χ0) is 18.6. The largest absolute Gasteiger partial charge is 0.323 e. The van der Waals surface area contributed by atoms with Crippen molar-refractivity contribution in [3.63, 3.8) is 0 Å². The highest BCUT2D eigenvalue weighted by Crippen LogP contribution is 2.22. The van der Waals surface area contributed by atoms with Gasteiger partial charge in [0.15, 0.2) is 0 Å². The highest BCUT2D eigenvalue weighted by Gasteiger charge is 2.26. The van der Waals surface area contributed by atoms with Crippen molar-refractivity contribution in [2.75, 3.05) is 18.4 Å². The minimum Gasteiger partial charge on any atom is -0.323 e. The van der Waals surface area contributed by atoms with Crippen LogP contribution >= 0.6 is 15.9 Å². The highest BCUT2D eigenvalue weighted by atomic mass is 79.9. The number of anilines is 1. The van der Waals surface area contributed by atoms with Crippen molar-refractivity contribution in [1.29, 1.82) is 0 Å². The van der Waals surface area contributed by atoms with Crippen LogP contribution in [-0.2, 0) is 14.8 Å². The van der Waals surface area contributed by atoms with E-state index in [1.165, 1.54) is 22.5 Å². The normalized spacial score (nSPS) is 15.4. The molecular formula is C19H19BrN2O3S. The van der Waals surface area contributed by atoms with E-state index in [2.05, 4.69) is 21.2 Å². The van der Waals surface area contributed by atoms with Gasteiger partial charge >= 0.3 is 0 Å². The van der Waals surface area contributed by atoms with Gasteiger partial charge in [-0.1, -0.05) is 28.1 Å². The van der Waals surface area contributed by atoms with Crippen LogP contribution in [0.15, 0.2) is 64.0 Å². The van der Waals surface area contributed by atoms with Crippen LogP contribution < -0.4 is 5.32 Å². The predicted octanol–water partition coefficient (Wildman–Crippen LogP) is 3.89. The maximum atomic E-state index is 12.5. The molecule has 136 valence electrons. The minimum atomic E-state index is -3.43. The van der Waals surface area contributed by atoms with Gasteiger partial charge in [-0.2, -0.15) is 4.31 Å². The second-order valence-corrected chi connectivity index (χ2v) is 8.86. The van der Waals surface area contributed by atoms with Crippen LogP contribution in [0.25, 0.3) is 6.08 Å². The van der Waals surface area contributed by atoms with Crippen molar-refractivity contribution in [2.45, 2.75) is 17.7 Å². The fourth-order valence-corrected chi connectivity index (χ4v) is 4.50. The van der Waals surface area contributed by atoms with E-state index < -0.39 is 10.0 Å². The highest BCUT2D eigenvalue weighted by molar-refractivity contribution is 9.10. The first-order valence-electron chi connectivity index (χ1n) is 8.30. The number of nitrogens with one attached hydrogen (secondary N) is 1. The molecular weight excluding hydrogens is 416 g/mol. The number of rotatable bonds is 5. The third-order valence-electron chi connectivity index (χ3n) is 4.12. The lowest BCUT2D eigenvalue weighted by Gasteiger charge is -2.15. The van der Waals surface area contributed by atoms with Gasteiger partial charge in [-0.3, -0.25) is 4.79 Å². The van der Waals surface area contributed by atoms with Crippen molar-refractivity contribution in [2.24, 2.45) is 0 Å². The number of hydrogen-bond acceptors (Lipinski definition) is 3. The summed E-state index contributed by atoms with van der Waals surface area (Å²) in [6.45, 7) is 1.14. The first-order chi connectivity index (χ1) is 12.4. The minimum absolute atomic E-state index is 0.253. The Bertz CT molecular complexity index is 901. The molecule has 0 aliphatic carbocycles. The molecule has 26 heavy (non-hydrogen) atoms. The first-order valence-corrected chi connectivity index (χ1v) is 10.5. The van der Waals surface area contributed by atoms with E-state index in [1.807, 2.05) is 24.3 Å². The van der Waals surface area contributed by atoms with Crippen LogP contribution in [0.4, 0.5) is 5.69 Å². The van der Waals surface area contributed by atoms with E-state index in [0.717, 1.165) is 22.9 Å². The quantitative estimate of drug-likeness (QED) is 0.725. The molecule has 0 unspecified atom stereocenters. The molecule has 2 aromatic carbocycles. The van der Waals surface area contributed by atoms with Crippen LogP contribution in [0.1, 0.15) is 18.4 Å². The lowest BCUT2D eigenvalue weighted by atomic mass is 10.2. The monoisotopic (exact) mass is 434 g/mol. The van der Waals surface area contributed by atoms with Crippen LogP contribution in [0.2, 0.25) is 0 Å². The summed E-state index contributed by atoms with van der Waals surface area (Å²) in [7, 11) is -3.43. The molecule has 5 nitrogen and oxygen atoms in total.